The number of piperidine rings is 1. The number of carboxylic acids is 1. The molecule has 1 unspecified atom stereocenters. The van der Waals surface area contributed by atoms with Gasteiger partial charge < -0.3 is 20.1 Å². The smallest absolute Gasteiger partial charge is 0.475 e. The number of carbonyl (C=O) groups is 2. The number of ether oxygens (including phenoxy) is 1. The van der Waals surface area contributed by atoms with E-state index in [2.05, 4.69) is 17.3 Å². The van der Waals surface area contributed by atoms with Gasteiger partial charge in [-0.3, -0.25) is 4.79 Å². The summed E-state index contributed by atoms with van der Waals surface area (Å²) < 4.78 is 37.9. The third-order valence-electron chi connectivity index (χ3n) is 4.70. The van der Waals surface area contributed by atoms with Crippen molar-refractivity contribution in [3.8, 4) is 0 Å². The van der Waals surface area contributed by atoms with E-state index in [1.807, 2.05) is 17.5 Å². The van der Waals surface area contributed by atoms with Gasteiger partial charge in [-0.05, 0) is 44.2 Å². The Morgan fingerprint density at radius 1 is 1.37 bits per heavy atom. The zero-order chi connectivity index (χ0) is 20.1. The van der Waals surface area contributed by atoms with Gasteiger partial charge in [-0.25, -0.2) is 4.79 Å². The molecular formula is C17H23F3N2O4S. The number of hydrogen-bond acceptors (Lipinski definition) is 5. The Balaban J connectivity index is 0.000000321. The largest absolute Gasteiger partial charge is 0.490 e. The van der Waals surface area contributed by atoms with Crippen molar-refractivity contribution in [2.24, 2.45) is 0 Å². The van der Waals surface area contributed by atoms with Crippen LogP contribution in [-0.4, -0.2) is 59.9 Å². The van der Waals surface area contributed by atoms with Gasteiger partial charge in [0, 0.05) is 18.0 Å². The van der Waals surface area contributed by atoms with Crippen LogP contribution in [0.4, 0.5) is 13.2 Å². The number of aliphatic carboxylic acids is 1. The van der Waals surface area contributed by atoms with Gasteiger partial charge in [0.2, 0.25) is 5.91 Å². The molecule has 10 heteroatoms. The summed E-state index contributed by atoms with van der Waals surface area (Å²) in [6.07, 6.45) is -1.34. The molecule has 6 nitrogen and oxygen atoms in total. The van der Waals surface area contributed by atoms with Gasteiger partial charge in [0.05, 0.1) is 12.1 Å². The van der Waals surface area contributed by atoms with Crippen LogP contribution in [0.3, 0.4) is 0 Å². The van der Waals surface area contributed by atoms with Gasteiger partial charge in [-0.1, -0.05) is 6.07 Å². The molecule has 1 amide bonds. The van der Waals surface area contributed by atoms with Crippen molar-refractivity contribution in [2.75, 3.05) is 20.1 Å². The summed E-state index contributed by atoms with van der Waals surface area (Å²) in [4.78, 5) is 24.6. The van der Waals surface area contributed by atoms with E-state index in [4.69, 9.17) is 14.6 Å². The molecule has 2 saturated heterocycles. The number of nitrogens with zero attached hydrogens (tertiary/aromatic N) is 1. The lowest BCUT2D eigenvalue weighted by Crippen LogP contribution is -2.44. The Labute approximate surface area is 159 Å². The van der Waals surface area contributed by atoms with E-state index in [1.165, 1.54) is 4.88 Å². The minimum Gasteiger partial charge on any atom is -0.475 e. The molecular weight excluding hydrogens is 385 g/mol. The SMILES string of the molecule is CN1CCC2(CCC(C(=O)NCc3cccs3)O2)CC1.O=C(O)C(F)(F)F. The molecule has 3 rings (SSSR count). The van der Waals surface area contributed by atoms with E-state index in [0.717, 1.165) is 38.8 Å². The Hall–Kier alpha value is -1.65. The highest BCUT2D eigenvalue weighted by Gasteiger charge is 2.44. The molecule has 2 fully saturated rings. The number of hydrogen-bond donors (Lipinski definition) is 2. The average Bonchev–Trinajstić information content (AvgIpc) is 3.26. The van der Waals surface area contributed by atoms with Crippen molar-refractivity contribution < 1.29 is 32.6 Å². The highest BCUT2D eigenvalue weighted by atomic mass is 32.1. The number of thiophene rings is 1. The van der Waals surface area contributed by atoms with Crippen LogP contribution in [0.25, 0.3) is 0 Å². The maximum absolute atomic E-state index is 12.2. The number of likely N-dealkylation sites (tertiary alicyclic amines) is 1. The topological polar surface area (TPSA) is 78.9 Å². The minimum absolute atomic E-state index is 0.0303. The lowest BCUT2D eigenvalue weighted by molar-refractivity contribution is -0.192. The molecule has 0 radical (unpaired) electrons. The second-order valence-electron chi connectivity index (χ2n) is 6.73. The quantitative estimate of drug-likeness (QED) is 0.804. The van der Waals surface area contributed by atoms with Gasteiger partial charge >= 0.3 is 12.1 Å². The average molecular weight is 408 g/mol. The van der Waals surface area contributed by atoms with E-state index in [0.29, 0.717) is 6.54 Å². The van der Waals surface area contributed by atoms with Gasteiger partial charge in [0.1, 0.15) is 6.10 Å². The van der Waals surface area contributed by atoms with Gasteiger partial charge in [0.15, 0.2) is 0 Å². The van der Waals surface area contributed by atoms with Crippen LogP contribution in [0.2, 0.25) is 0 Å². The molecule has 2 aliphatic rings. The van der Waals surface area contributed by atoms with Gasteiger partial charge in [0.25, 0.3) is 0 Å². The standard InChI is InChI=1S/C15H22N2O2S.C2HF3O2/c1-17-8-6-15(7-9-17)5-4-13(19-15)14(18)16-11-12-3-2-10-20-12;3-2(4,5)1(6)7/h2-3,10,13H,4-9,11H2,1H3,(H,16,18);(H,6,7). The molecule has 1 atom stereocenters. The van der Waals surface area contributed by atoms with Crippen LogP contribution >= 0.6 is 11.3 Å². The number of halogens is 3. The Kier molecular flexibility index (Phi) is 7.24. The second kappa shape index (κ2) is 9.03. The first-order chi connectivity index (χ1) is 12.6. The molecule has 27 heavy (non-hydrogen) atoms. The first kappa shape index (κ1) is 21.6. The van der Waals surface area contributed by atoms with Gasteiger partial charge in [-0.15, -0.1) is 11.3 Å². The van der Waals surface area contributed by atoms with Gasteiger partial charge in [-0.2, -0.15) is 13.2 Å². The minimum atomic E-state index is -5.08. The fourth-order valence-electron chi connectivity index (χ4n) is 3.09. The summed E-state index contributed by atoms with van der Waals surface area (Å²) in [6, 6.07) is 4.05. The summed E-state index contributed by atoms with van der Waals surface area (Å²) in [7, 11) is 2.15. The van der Waals surface area contributed by atoms with Crippen molar-refractivity contribution in [3.05, 3.63) is 22.4 Å². The highest BCUT2D eigenvalue weighted by molar-refractivity contribution is 7.09. The number of amides is 1. The van der Waals surface area contributed by atoms with Crippen LogP contribution in [-0.2, 0) is 20.9 Å². The molecule has 152 valence electrons. The van der Waals surface area contributed by atoms with Crippen LogP contribution in [0.15, 0.2) is 17.5 Å². The highest BCUT2D eigenvalue weighted by Crippen LogP contribution is 2.38. The van der Waals surface area contributed by atoms with Crippen molar-refractivity contribution in [1.82, 2.24) is 10.2 Å². The van der Waals surface area contributed by atoms with E-state index in [1.54, 1.807) is 11.3 Å². The maximum Gasteiger partial charge on any atom is 0.490 e. The van der Waals surface area contributed by atoms with Crippen LogP contribution in [0.1, 0.15) is 30.6 Å². The Morgan fingerprint density at radius 2 is 2.00 bits per heavy atom. The number of nitrogens with one attached hydrogen (secondary N) is 1. The Morgan fingerprint density at radius 3 is 2.52 bits per heavy atom. The van der Waals surface area contributed by atoms with Crippen molar-refractivity contribution >= 4 is 23.2 Å². The molecule has 0 saturated carbocycles. The lowest BCUT2D eigenvalue weighted by Gasteiger charge is -2.37. The van der Waals surface area contributed by atoms with Crippen LogP contribution in [0.5, 0.6) is 0 Å². The predicted octanol–water partition coefficient (Wildman–Crippen LogP) is 2.64. The fourth-order valence-corrected chi connectivity index (χ4v) is 3.74. The first-order valence-corrected chi connectivity index (χ1v) is 9.46. The van der Waals surface area contributed by atoms with E-state index in [-0.39, 0.29) is 17.6 Å². The Bertz CT molecular complexity index is 629. The normalized spacial score (nSPS) is 22.1. The predicted molar refractivity (Wildman–Crippen MR) is 93.4 cm³/mol. The third kappa shape index (κ3) is 6.47. The molecule has 2 aliphatic heterocycles. The van der Waals surface area contributed by atoms with Crippen LogP contribution < -0.4 is 5.32 Å². The summed E-state index contributed by atoms with van der Waals surface area (Å²) in [5.41, 5.74) is -0.0303. The fraction of sp³-hybridized carbons (Fsp3) is 0.647. The monoisotopic (exact) mass is 408 g/mol. The van der Waals surface area contributed by atoms with Crippen molar-refractivity contribution in [1.29, 1.82) is 0 Å². The number of carboxylic acid groups (broad SMARTS) is 1. The zero-order valence-electron chi connectivity index (χ0n) is 14.9. The number of rotatable bonds is 3. The van der Waals surface area contributed by atoms with E-state index >= 15 is 0 Å². The second-order valence-corrected chi connectivity index (χ2v) is 7.76. The number of carbonyl (C=O) groups excluding carboxylic acids is 1. The summed E-state index contributed by atoms with van der Waals surface area (Å²) >= 11 is 1.67. The summed E-state index contributed by atoms with van der Waals surface area (Å²) in [5.74, 6) is -2.71. The van der Waals surface area contributed by atoms with Crippen LogP contribution in [0, 0.1) is 0 Å². The van der Waals surface area contributed by atoms with Crippen molar-refractivity contribution in [3.63, 3.8) is 0 Å². The lowest BCUT2D eigenvalue weighted by atomic mass is 9.89. The van der Waals surface area contributed by atoms with E-state index < -0.39 is 12.1 Å². The van der Waals surface area contributed by atoms with E-state index in [9.17, 15) is 18.0 Å². The number of alkyl halides is 3. The molecule has 0 aliphatic carbocycles. The maximum atomic E-state index is 12.2. The summed E-state index contributed by atoms with van der Waals surface area (Å²) in [5, 5.41) is 12.1. The first-order valence-electron chi connectivity index (χ1n) is 8.58. The summed E-state index contributed by atoms with van der Waals surface area (Å²) in [6.45, 7) is 2.76. The molecule has 1 spiro atoms. The molecule has 2 N–H and O–H groups in total. The molecule has 1 aromatic heterocycles. The third-order valence-corrected chi connectivity index (χ3v) is 5.58. The molecule has 0 bridgehead atoms. The van der Waals surface area contributed by atoms with Crippen molar-refractivity contribution in [2.45, 2.75) is 50.1 Å². The molecule has 0 aromatic carbocycles. The molecule has 1 aromatic rings. The molecule has 3 heterocycles. The zero-order valence-corrected chi connectivity index (χ0v) is 15.7.